The molecule has 1 aliphatic heterocycles. The third kappa shape index (κ3) is 5.37. The summed E-state index contributed by atoms with van der Waals surface area (Å²) < 4.78 is 34.4. The lowest BCUT2D eigenvalue weighted by molar-refractivity contribution is 0.0437. The van der Waals surface area contributed by atoms with Crippen LogP contribution in [-0.4, -0.2) is 41.6 Å². The number of methoxy groups -OCH3 is 4. The van der Waals surface area contributed by atoms with Gasteiger partial charge in [0.2, 0.25) is 5.75 Å². The highest BCUT2D eigenvalue weighted by molar-refractivity contribution is 5.66. The highest BCUT2D eigenvalue weighted by Crippen LogP contribution is 2.48. The summed E-state index contributed by atoms with van der Waals surface area (Å²) >= 11 is 0. The van der Waals surface area contributed by atoms with Gasteiger partial charge >= 0.3 is 0 Å². The van der Waals surface area contributed by atoms with E-state index in [1.54, 1.807) is 40.6 Å². The molecule has 0 radical (unpaired) electrons. The highest BCUT2D eigenvalue weighted by atomic mass is 16.5. The molecule has 2 atom stereocenters. The maximum absolute atomic E-state index is 6.47. The van der Waals surface area contributed by atoms with E-state index in [0.29, 0.717) is 41.9 Å². The molecular formula is C26H33NO6. The zero-order valence-electron chi connectivity index (χ0n) is 19.8. The summed E-state index contributed by atoms with van der Waals surface area (Å²) in [6.45, 7) is 8.49. The van der Waals surface area contributed by atoms with Crippen molar-refractivity contribution in [1.29, 1.82) is 0 Å². The number of benzene rings is 2. The lowest BCUT2D eigenvalue weighted by atomic mass is 10.0. The van der Waals surface area contributed by atoms with E-state index in [1.165, 1.54) is 0 Å². The van der Waals surface area contributed by atoms with Crippen LogP contribution in [0.2, 0.25) is 0 Å². The molecule has 0 saturated carbocycles. The van der Waals surface area contributed by atoms with Crippen molar-refractivity contribution in [3.05, 3.63) is 60.7 Å². The molecule has 2 unspecified atom stereocenters. The number of rotatable bonds is 12. The van der Waals surface area contributed by atoms with Gasteiger partial charge in [-0.15, -0.1) is 6.58 Å². The minimum Gasteiger partial charge on any atom is -0.493 e. The molecule has 0 bridgehead atoms. The van der Waals surface area contributed by atoms with Crippen molar-refractivity contribution in [2.45, 2.75) is 25.0 Å². The molecule has 0 amide bonds. The zero-order chi connectivity index (χ0) is 23.8. The molecule has 7 heteroatoms. The fourth-order valence-corrected chi connectivity index (χ4v) is 3.98. The minimum absolute atomic E-state index is 0.0965. The van der Waals surface area contributed by atoms with Gasteiger partial charge in [-0.1, -0.05) is 18.7 Å². The molecule has 2 aromatic carbocycles. The quantitative estimate of drug-likeness (QED) is 0.425. The molecule has 33 heavy (non-hydrogen) atoms. The van der Waals surface area contributed by atoms with Crippen molar-refractivity contribution in [3.63, 3.8) is 0 Å². The van der Waals surface area contributed by atoms with Crippen LogP contribution in [0.15, 0.2) is 49.6 Å². The van der Waals surface area contributed by atoms with E-state index in [9.17, 15) is 0 Å². The topological polar surface area (TPSA) is 67.4 Å². The molecule has 1 N–H and O–H groups in total. The summed E-state index contributed by atoms with van der Waals surface area (Å²) in [5, 5.41) is 3.34. The molecular weight excluding hydrogens is 422 g/mol. The van der Waals surface area contributed by atoms with Crippen LogP contribution >= 0.6 is 0 Å². The number of hydrogen-bond acceptors (Lipinski definition) is 7. The van der Waals surface area contributed by atoms with E-state index in [4.69, 9.17) is 28.4 Å². The van der Waals surface area contributed by atoms with Crippen LogP contribution in [0.25, 0.3) is 0 Å². The Morgan fingerprint density at radius 3 is 1.85 bits per heavy atom. The Morgan fingerprint density at radius 1 is 0.818 bits per heavy atom. The van der Waals surface area contributed by atoms with Crippen LogP contribution in [0.4, 0.5) is 5.69 Å². The number of hydrogen-bond donors (Lipinski definition) is 1. The summed E-state index contributed by atoms with van der Waals surface area (Å²) in [5.74, 6) is 3.07. The molecule has 1 fully saturated rings. The van der Waals surface area contributed by atoms with Gasteiger partial charge in [-0.05, 0) is 48.2 Å². The number of ether oxygens (including phenoxy) is 6. The van der Waals surface area contributed by atoms with Gasteiger partial charge in [0.25, 0.3) is 0 Å². The van der Waals surface area contributed by atoms with Crippen molar-refractivity contribution in [3.8, 4) is 28.7 Å². The largest absolute Gasteiger partial charge is 0.493 e. The van der Waals surface area contributed by atoms with Crippen molar-refractivity contribution < 1.29 is 28.4 Å². The Hall–Kier alpha value is -3.32. The number of anilines is 1. The van der Waals surface area contributed by atoms with E-state index >= 15 is 0 Å². The second kappa shape index (κ2) is 11.5. The summed E-state index contributed by atoms with van der Waals surface area (Å²) in [6.07, 6.45) is 5.01. The molecule has 1 heterocycles. The van der Waals surface area contributed by atoms with Gasteiger partial charge in [0.15, 0.2) is 23.0 Å². The van der Waals surface area contributed by atoms with Crippen molar-refractivity contribution >= 4 is 5.69 Å². The van der Waals surface area contributed by atoms with Crippen molar-refractivity contribution in [2.24, 2.45) is 0 Å². The molecule has 0 aromatic heterocycles. The van der Waals surface area contributed by atoms with Gasteiger partial charge in [-0.3, -0.25) is 0 Å². The lowest BCUT2D eigenvalue weighted by Crippen LogP contribution is -2.07. The summed E-state index contributed by atoms with van der Waals surface area (Å²) in [5.41, 5.74) is 2.82. The minimum atomic E-state index is -0.101. The Balaban J connectivity index is 1.90. The normalized spacial score (nSPS) is 17.2. The average Bonchev–Trinajstić information content (AvgIpc) is 3.35. The van der Waals surface area contributed by atoms with Gasteiger partial charge in [0.1, 0.15) is 6.61 Å². The smallest absolute Gasteiger partial charge is 0.203 e. The van der Waals surface area contributed by atoms with Crippen LogP contribution in [0.1, 0.15) is 36.2 Å². The summed E-state index contributed by atoms with van der Waals surface area (Å²) in [7, 11) is 6.44. The lowest BCUT2D eigenvalue weighted by Gasteiger charge is -2.21. The third-order valence-corrected chi connectivity index (χ3v) is 5.53. The molecule has 7 nitrogen and oxygen atoms in total. The van der Waals surface area contributed by atoms with Gasteiger partial charge in [0, 0.05) is 6.54 Å². The molecule has 0 spiro atoms. The second-order valence-corrected chi connectivity index (χ2v) is 7.52. The molecule has 1 aliphatic rings. The molecule has 178 valence electrons. The van der Waals surface area contributed by atoms with Crippen LogP contribution < -0.4 is 29.0 Å². The van der Waals surface area contributed by atoms with E-state index in [0.717, 1.165) is 29.7 Å². The summed E-state index contributed by atoms with van der Waals surface area (Å²) in [6, 6.07) is 7.91. The predicted octanol–water partition coefficient (Wildman–Crippen LogP) is 5.48. The predicted molar refractivity (Wildman–Crippen MR) is 129 cm³/mol. The monoisotopic (exact) mass is 455 g/mol. The Morgan fingerprint density at radius 2 is 1.36 bits per heavy atom. The summed E-state index contributed by atoms with van der Waals surface area (Å²) in [4.78, 5) is 0. The Bertz CT molecular complexity index is 948. The third-order valence-electron chi connectivity index (χ3n) is 5.53. The van der Waals surface area contributed by atoms with Crippen molar-refractivity contribution in [1.82, 2.24) is 0 Å². The van der Waals surface area contributed by atoms with Gasteiger partial charge < -0.3 is 33.7 Å². The van der Waals surface area contributed by atoms with E-state index < -0.39 is 0 Å². The van der Waals surface area contributed by atoms with Gasteiger partial charge in [-0.2, -0.15) is 0 Å². The molecule has 1 saturated heterocycles. The van der Waals surface area contributed by atoms with Crippen LogP contribution in [-0.2, 0) is 4.74 Å². The fraction of sp³-hybridized carbons (Fsp3) is 0.385. The van der Waals surface area contributed by atoms with Crippen LogP contribution in [0, 0.1) is 0 Å². The van der Waals surface area contributed by atoms with E-state index in [2.05, 4.69) is 18.5 Å². The Labute approximate surface area is 195 Å². The fourth-order valence-electron chi connectivity index (χ4n) is 3.98. The average molecular weight is 456 g/mol. The Kier molecular flexibility index (Phi) is 8.49. The molecule has 3 rings (SSSR count). The SMILES string of the molecule is C=CCNc1cc(C2CCC(c3cc(OC)c(OC)c(OC)c3)O2)cc(OC)c1OCC=C. The molecule has 0 aliphatic carbocycles. The van der Waals surface area contributed by atoms with Crippen LogP contribution in [0.5, 0.6) is 28.7 Å². The number of nitrogens with one attached hydrogen (secondary N) is 1. The highest BCUT2D eigenvalue weighted by Gasteiger charge is 2.31. The second-order valence-electron chi connectivity index (χ2n) is 7.52. The first-order chi connectivity index (χ1) is 16.1. The maximum atomic E-state index is 6.47. The first-order valence-electron chi connectivity index (χ1n) is 10.9. The van der Waals surface area contributed by atoms with Gasteiger partial charge in [0.05, 0.1) is 46.3 Å². The first-order valence-corrected chi connectivity index (χ1v) is 10.9. The van der Waals surface area contributed by atoms with Crippen molar-refractivity contribution in [2.75, 3.05) is 46.9 Å². The van der Waals surface area contributed by atoms with Gasteiger partial charge in [-0.25, -0.2) is 0 Å². The van der Waals surface area contributed by atoms with E-state index in [1.807, 2.05) is 24.3 Å². The standard InChI is InChI=1S/C26H33NO6/c1-7-11-27-19-13-17(14-22(28-3)25(19)32-12-8-2)20-9-10-21(33-20)18-15-23(29-4)26(31-6)24(16-18)30-5/h7-8,13-16,20-21,27H,1-2,9-12H2,3-6H3. The van der Waals surface area contributed by atoms with Crippen LogP contribution in [0.3, 0.4) is 0 Å². The molecule has 2 aromatic rings. The maximum Gasteiger partial charge on any atom is 0.203 e. The zero-order valence-corrected chi connectivity index (χ0v) is 19.8. The first kappa shape index (κ1) is 24.3. The van der Waals surface area contributed by atoms with E-state index in [-0.39, 0.29) is 12.2 Å².